The fourth-order valence-corrected chi connectivity index (χ4v) is 9.52. The summed E-state index contributed by atoms with van der Waals surface area (Å²) < 4.78 is 5.73. The van der Waals surface area contributed by atoms with Gasteiger partial charge in [0.2, 0.25) is 41.4 Å². The number of phenolic OH excluding ortho intramolecular Hbond substituents is 1. The molecule has 4 aromatic carbocycles. The molecule has 77 heavy (non-hydrogen) atoms. The molecule has 1 fully saturated rings. The number of aromatic nitrogens is 1. The number of phenols is 1. The van der Waals surface area contributed by atoms with Crippen molar-refractivity contribution in [3.05, 3.63) is 138 Å². The fourth-order valence-electron chi connectivity index (χ4n) is 9.04. The summed E-state index contributed by atoms with van der Waals surface area (Å²) in [6.45, 7) is 4.89. The van der Waals surface area contributed by atoms with E-state index in [0.717, 1.165) is 22.0 Å². The molecule has 7 atom stereocenters. The Morgan fingerprint density at radius 2 is 1.34 bits per heavy atom. The van der Waals surface area contributed by atoms with E-state index < -0.39 is 96.2 Å². The number of H-pyrrole nitrogens is 1. The van der Waals surface area contributed by atoms with Crippen LogP contribution < -0.4 is 37.6 Å². The number of thioether (sulfide) groups is 1. The lowest BCUT2D eigenvalue weighted by atomic mass is 10.0. The highest BCUT2D eigenvalue weighted by Crippen LogP contribution is 2.23. The zero-order valence-electron chi connectivity index (χ0n) is 43.9. The van der Waals surface area contributed by atoms with Crippen LogP contribution in [0.25, 0.3) is 10.9 Å². The van der Waals surface area contributed by atoms with Gasteiger partial charge in [0.25, 0.3) is 0 Å². The van der Waals surface area contributed by atoms with Crippen LogP contribution in [0.5, 0.6) is 5.75 Å². The molecule has 0 saturated carbocycles. The van der Waals surface area contributed by atoms with E-state index in [1.807, 2.05) is 74.7 Å². The summed E-state index contributed by atoms with van der Waals surface area (Å²) in [6, 6.07) is 24.4. The van der Waals surface area contributed by atoms with Crippen molar-refractivity contribution in [1.82, 2.24) is 41.8 Å². The molecule has 19 nitrogen and oxygen atoms in total. The van der Waals surface area contributed by atoms with E-state index in [4.69, 9.17) is 10.5 Å². The summed E-state index contributed by atoms with van der Waals surface area (Å²) in [5.41, 5.74) is 9.90. The van der Waals surface area contributed by atoms with Gasteiger partial charge >= 0.3 is 5.97 Å². The van der Waals surface area contributed by atoms with E-state index in [0.29, 0.717) is 29.7 Å². The predicted octanol–water partition coefficient (Wildman–Crippen LogP) is 3.32. The van der Waals surface area contributed by atoms with Gasteiger partial charge in [-0.2, -0.15) is 11.8 Å². The number of nitrogens with zero attached hydrogens (tertiary/aromatic N) is 1. The van der Waals surface area contributed by atoms with Crippen molar-refractivity contribution < 1.29 is 48.2 Å². The number of likely N-dealkylation sites (tertiary alicyclic amines) is 1. The number of hydrogen-bond donors (Lipinski definition) is 9. The lowest BCUT2D eigenvalue weighted by molar-refractivity contribution is -0.149. The van der Waals surface area contributed by atoms with Crippen LogP contribution in [-0.2, 0) is 69.0 Å². The average Bonchev–Trinajstić information content (AvgIpc) is 4.09. The number of fused-ring (bicyclic) bond motifs is 1. The first kappa shape index (κ1) is 58.5. The maximum absolute atomic E-state index is 14.6. The van der Waals surface area contributed by atoms with Crippen LogP contribution in [0, 0.1) is 5.92 Å². The average molecular weight is 1070 g/mol. The molecular formula is C57H71N9O10S. The number of aromatic hydroxyl groups is 1. The van der Waals surface area contributed by atoms with Crippen molar-refractivity contribution in [3.63, 3.8) is 0 Å². The first-order valence-corrected chi connectivity index (χ1v) is 27.3. The number of para-hydroxylation sites is 1. The predicted molar refractivity (Wildman–Crippen MR) is 294 cm³/mol. The normalized spacial score (nSPS) is 15.5. The Morgan fingerprint density at radius 3 is 2.03 bits per heavy atom. The molecule has 410 valence electrons. The van der Waals surface area contributed by atoms with Gasteiger partial charge in [-0.05, 0) is 97.4 Å². The minimum Gasteiger partial charge on any atom is -0.508 e. The number of carbonyl (C=O) groups excluding carboxylic acids is 8. The van der Waals surface area contributed by atoms with Gasteiger partial charge in [-0.3, -0.25) is 33.6 Å². The van der Waals surface area contributed by atoms with Crippen molar-refractivity contribution in [2.75, 3.05) is 25.1 Å². The van der Waals surface area contributed by atoms with Crippen LogP contribution in [0.1, 0.15) is 68.7 Å². The lowest BCUT2D eigenvalue weighted by Crippen LogP contribution is -2.59. The second-order valence-electron chi connectivity index (χ2n) is 19.7. The molecule has 0 aliphatic carbocycles. The Morgan fingerprint density at radius 1 is 0.701 bits per heavy atom. The molecule has 0 unspecified atom stereocenters. The molecule has 0 spiro atoms. The molecule has 2 heterocycles. The van der Waals surface area contributed by atoms with Crippen LogP contribution in [0.2, 0.25) is 0 Å². The second-order valence-corrected chi connectivity index (χ2v) is 20.7. The van der Waals surface area contributed by atoms with Gasteiger partial charge in [-0.1, -0.05) is 105 Å². The first-order valence-electron chi connectivity index (χ1n) is 25.9. The fraction of sp³-hybridized carbons (Fsp3) is 0.404. The Balaban J connectivity index is 1.10. The number of rotatable bonds is 27. The largest absolute Gasteiger partial charge is 0.508 e. The van der Waals surface area contributed by atoms with E-state index in [-0.39, 0.29) is 56.9 Å². The maximum Gasteiger partial charge on any atom is 0.329 e. The molecule has 20 heteroatoms. The molecule has 1 aromatic heterocycles. The number of carbonyl (C=O) groups is 8. The van der Waals surface area contributed by atoms with Gasteiger partial charge in [0.1, 0.15) is 48.6 Å². The Labute approximate surface area is 453 Å². The summed E-state index contributed by atoms with van der Waals surface area (Å²) in [5.74, 6) is -4.52. The molecule has 0 radical (unpaired) electrons. The van der Waals surface area contributed by atoms with E-state index in [2.05, 4.69) is 36.9 Å². The summed E-state index contributed by atoms with van der Waals surface area (Å²) in [4.78, 5) is 115. The number of nitrogens with one attached hydrogen (secondary N) is 7. The van der Waals surface area contributed by atoms with Gasteiger partial charge in [-0.25, -0.2) is 4.79 Å². The summed E-state index contributed by atoms with van der Waals surface area (Å²) in [5, 5.41) is 26.8. The standard InChI is InChI=1S/C57H71N9O10S/c1-35(2)28-46(53(71)65-48(57(75)76-34-39-16-9-6-10-17-39)31-40-32-59-44-19-12-11-18-42(40)44)64-55(73)49-20-13-26-66(49)56(74)45(25-27-77-4)63-54(72)47(30-37-14-7-5-8-15-37)62-50(68)33-60-51(69)36(3)61-52(70)43(58)29-38-21-23-41(67)24-22-38/h5-12,14-19,21-24,32,35-36,43,45-49,59,67H,13,20,25-31,33-34,58H2,1-4H3,(H,60,69)(H,61,70)(H,62,68)(H,63,72)(H,64,73)(H,65,71)/t36-,43+,45+,46+,47+,48+,49+/m1/s1. The highest BCUT2D eigenvalue weighted by atomic mass is 32.2. The van der Waals surface area contributed by atoms with Crippen LogP contribution >= 0.6 is 11.8 Å². The topological polar surface area (TPSA) is 283 Å². The minimum absolute atomic E-state index is 0.0107. The number of nitrogens with two attached hydrogens (primary N) is 1. The quantitative estimate of drug-likeness (QED) is 0.0343. The zero-order chi connectivity index (χ0) is 55.4. The molecule has 6 rings (SSSR count). The SMILES string of the molecule is CSCC[C@H](NC(=O)[C@H](Cc1ccccc1)NC(=O)CNC(=O)[C@@H](C)NC(=O)[C@@H](N)Cc1ccc(O)cc1)C(=O)N1CCC[C@H]1C(=O)N[C@@H](CC(C)C)C(=O)N[C@@H](Cc1c[nH]c2ccccc12)C(=O)OCc1ccccc1. The molecule has 10 N–H and O–H groups in total. The van der Waals surface area contributed by atoms with Crippen molar-refractivity contribution in [3.8, 4) is 5.75 Å². The van der Waals surface area contributed by atoms with Crippen molar-refractivity contribution >= 4 is 70.0 Å². The zero-order valence-corrected chi connectivity index (χ0v) is 44.7. The monoisotopic (exact) mass is 1070 g/mol. The number of aromatic amines is 1. The minimum atomic E-state index is -1.20. The van der Waals surface area contributed by atoms with E-state index in [9.17, 15) is 43.5 Å². The molecular weight excluding hydrogens is 1000 g/mol. The van der Waals surface area contributed by atoms with Gasteiger partial charge in [0.05, 0.1) is 12.6 Å². The summed E-state index contributed by atoms with van der Waals surface area (Å²) in [6.07, 6.45) is 5.10. The number of benzene rings is 4. The molecule has 1 aliphatic rings. The van der Waals surface area contributed by atoms with E-state index in [1.54, 1.807) is 48.7 Å². The van der Waals surface area contributed by atoms with Crippen molar-refractivity contribution in [2.45, 2.75) is 115 Å². The third-order valence-electron chi connectivity index (χ3n) is 13.2. The third-order valence-corrected chi connectivity index (χ3v) is 13.8. The second kappa shape index (κ2) is 29.0. The van der Waals surface area contributed by atoms with Crippen molar-refractivity contribution in [2.24, 2.45) is 11.7 Å². The van der Waals surface area contributed by atoms with Crippen LogP contribution in [-0.4, -0.2) is 130 Å². The molecule has 7 amide bonds. The maximum atomic E-state index is 14.6. The molecule has 5 aromatic rings. The van der Waals surface area contributed by atoms with Crippen molar-refractivity contribution in [1.29, 1.82) is 0 Å². The van der Waals surface area contributed by atoms with Crippen LogP contribution in [0.4, 0.5) is 0 Å². The first-order chi connectivity index (χ1) is 37.0. The highest BCUT2D eigenvalue weighted by Gasteiger charge is 2.40. The molecule has 1 aliphatic heterocycles. The van der Waals surface area contributed by atoms with Gasteiger partial charge in [0, 0.05) is 36.5 Å². The van der Waals surface area contributed by atoms with E-state index in [1.165, 1.54) is 35.7 Å². The Kier molecular flexibility index (Phi) is 22.0. The van der Waals surface area contributed by atoms with Gasteiger partial charge in [0.15, 0.2) is 0 Å². The summed E-state index contributed by atoms with van der Waals surface area (Å²) >= 11 is 1.46. The molecule has 1 saturated heterocycles. The Bertz CT molecular complexity index is 2800. The van der Waals surface area contributed by atoms with E-state index >= 15 is 0 Å². The van der Waals surface area contributed by atoms with Crippen LogP contribution in [0.15, 0.2) is 115 Å². The smallest absolute Gasteiger partial charge is 0.329 e. The lowest BCUT2D eigenvalue weighted by Gasteiger charge is -2.31. The number of hydrogen-bond acceptors (Lipinski definition) is 12. The third kappa shape index (κ3) is 17.7. The number of amides is 7. The number of esters is 1. The molecule has 0 bridgehead atoms. The van der Waals surface area contributed by atoms with Crippen LogP contribution in [0.3, 0.4) is 0 Å². The summed E-state index contributed by atoms with van der Waals surface area (Å²) in [7, 11) is 0. The van der Waals surface area contributed by atoms with Gasteiger partial charge < -0.3 is 57.4 Å². The highest BCUT2D eigenvalue weighted by molar-refractivity contribution is 7.98. The Hall–Kier alpha value is -7.71. The van der Waals surface area contributed by atoms with Gasteiger partial charge in [-0.15, -0.1) is 0 Å². The number of ether oxygens (including phenoxy) is 1.